The summed E-state index contributed by atoms with van der Waals surface area (Å²) in [6.07, 6.45) is 0. The number of piperazine rings is 1. The molecule has 3 aromatic rings. The summed E-state index contributed by atoms with van der Waals surface area (Å²) in [4.78, 5) is 16.6. The number of carbonyl (C=O) groups is 1. The Labute approximate surface area is 173 Å². The summed E-state index contributed by atoms with van der Waals surface area (Å²) in [6, 6.07) is 18.6. The van der Waals surface area contributed by atoms with Crippen molar-refractivity contribution in [2.45, 2.75) is 0 Å². The van der Waals surface area contributed by atoms with Crippen molar-refractivity contribution in [3.05, 3.63) is 76.3 Å². The standard InChI is InChI=1S/C21H18Cl2N4O/c22-16-7-5-15(6-8-16)19-9-10-20(25-24-19)26-11-13-27(14-12-26)21(28)17-3-1-2-4-18(17)23/h1-10H,11-14H2. The minimum absolute atomic E-state index is 0.0329. The molecule has 2 heterocycles. The number of carbonyl (C=O) groups excluding carboxylic acids is 1. The van der Waals surface area contributed by atoms with Crippen molar-refractivity contribution in [2.24, 2.45) is 0 Å². The minimum Gasteiger partial charge on any atom is -0.352 e. The van der Waals surface area contributed by atoms with E-state index in [1.54, 1.807) is 12.1 Å². The van der Waals surface area contributed by atoms with Crippen LogP contribution in [0.1, 0.15) is 10.4 Å². The van der Waals surface area contributed by atoms with Crippen LogP contribution in [0.15, 0.2) is 60.7 Å². The number of aromatic nitrogens is 2. The van der Waals surface area contributed by atoms with E-state index < -0.39 is 0 Å². The highest BCUT2D eigenvalue weighted by Gasteiger charge is 2.24. The SMILES string of the molecule is O=C(c1ccccc1Cl)N1CCN(c2ccc(-c3ccc(Cl)cc3)nn2)CC1. The zero-order valence-corrected chi connectivity index (χ0v) is 16.6. The van der Waals surface area contributed by atoms with E-state index in [0.29, 0.717) is 41.8 Å². The van der Waals surface area contributed by atoms with Gasteiger partial charge in [0.15, 0.2) is 5.82 Å². The van der Waals surface area contributed by atoms with Gasteiger partial charge in [0, 0.05) is 36.8 Å². The molecule has 5 nitrogen and oxygen atoms in total. The molecule has 0 unspecified atom stereocenters. The predicted octanol–water partition coefficient (Wildman–Crippen LogP) is 4.41. The maximum Gasteiger partial charge on any atom is 0.255 e. The molecule has 0 atom stereocenters. The Hall–Kier alpha value is -2.63. The number of rotatable bonds is 3. The van der Waals surface area contributed by atoms with E-state index in [2.05, 4.69) is 15.1 Å². The number of nitrogens with zero attached hydrogens (tertiary/aromatic N) is 4. The van der Waals surface area contributed by atoms with Gasteiger partial charge in [0.2, 0.25) is 0 Å². The highest BCUT2D eigenvalue weighted by atomic mass is 35.5. The van der Waals surface area contributed by atoms with Crippen molar-refractivity contribution in [1.82, 2.24) is 15.1 Å². The highest BCUT2D eigenvalue weighted by molar-refractivity contribution is 6.33. The monoisotopic (exact) mass is 412 g/mol. The fourth-order valence-electron chi connectivity index (χ4n) is 3.21. The van der Waals surface area contributed by atoms with E-state index in [-0.39, 0.29) is 5.91 Å². The Morgan fingerprint density at radius 1 is 0.821 bits per heavy atom. The maximum absolute atomic E-state index is 12.7. The predicted molar refractivity (Wildman–Crippen MR) is 112 cm³/mol. The highest BCUT2D eigenvalue weighted by Crippen LogP contribution is 2.22. The van der Waals surface area contributed by atoms with Gasteiger partial charge in [-0.3, -0.25) is 4.79 Å². The molecule has 1 saturated heterocycles. The first-order valence-corrected chi connectivity index (χ1v) is 9.76. The third kappa shape index (κ3) is 3.96. The zero-order valence-electron chi connectivity index (χ0n) is 15.1. The normalized spacial score (nSPS) is 14.2. The second kappa shape index (κ2) is 8.17. The van der Waals surface area contributed by atoms with Crippen LogP contribution in [0.25, 0.3) is 11.3 Å². The van der Waals surface area contributed by atoms with Crippen LogP contribution in [0, 0.1) is 0 Å². The van der Waals surface area contributed by atoms with E-state index >= 15 is 0 Å². The van der Waals surface area contributed by atoms with Crippen LogP contribution >= 0.6 is 23.2 Å². The lowest BCUT2D eigenvalue weighted by molar-refractivity contribution is 0.0746. The molecule has 1 aliphatic rings. The Bertz CT molecular complexity index is 968. The molecule has 0 saturated carbocycles. The summed E-state index contributed by atoms with van der Waals surface area (Å²) in [5.41, 5.74) is 2.32. The Kier molecular flexibility index (Phi) is 5.46. The van der Waals surface area contributed by atoms with E-state index in [1.807, 2.05) is 53.4 Å². The third-order valence-corrected chi connectivity index (χ3v) is 5.37. The van der Waals surface area contributed by atoms with Crippen molar-refractivity contribution >= 4 is 34.9 Å². The molecule has 1 amide bonds. The van der Waals surface area contributed by atoms with Crippen LogP contribution in [-0.2, 0) is 0 Å². The van der Waals surface area contributed by atoms with Gasteiger partial charge >= 0.3 is 0 Å². The average Bonchev–Trinajstić information content (AvgIpc) is 2.74. The smallest absolute Gasteiger partial charge is 0.255 e. The molecular formula is C21H18Cl2N4O. The van der Waals surface area contributed by atoms with E-state index in [1.165, 1.54) is 0 Å². The fraction of sp³-hybridized carbons (Fsp3) is 0.190. The van der Waals surface area contributed by atoms with E-state index in [9.17, 15) is 4.79 Å². The first-order valence-electron chi connectivity index (χ1n) is 9.00. The molecule has 28 heavy (non-hydrogen) atoms. The fourth-order valence-corrected chi connectivity index (χ4v) is 3.55. The molecule has 7 heteroatoms. The van der Waals surface area contributed by atoms with Gasteiger partial charge in [0.25, 0.3) is 5.91 Å². The van der Waals surface area contributed by atoms with Crippen LogP contribution in [-0.4, -0.2) is 47.2 Å². The molecule has 1 aliphatic heterocycles. The molecule has 1 aromatic heterocycles. The number of amides is 1. The lowest BCUT2D eigenvalue weighted by Gasteiger charge is -2.35. The molecule has 142 valence electrons. The molecule has 2 aromatic carbocycles. The van der Waals surface area contributed by atoms with Gasteiger partial charge in [-0.1, -0.05) is 47.5 Å². The number of anilines is 1. The summed E-state index contributed by atoms with van der Waals surface area (Å²) in [7, 11) is 0. The third-order valence-electron chi connectivity index (χ3n) is 4.79. The minimum atomic E-state index is -0.0329. The summed E-state index contributed by atoms with van der Waals surface area (Å²) in [5, 5.41) is 9.87. The van der Waals surface area contributed by atoms with Gasteiger partial charge in [-0.15, -0.1) is 10.2 Å². The van der Waals surface area contributed by atoms with Crippen molar-refractivity contribution in [3.8, 4) is 11.3 Å². The van der Waals surface area contributed by atoms with E-state index in [4.69, 9.17) is 23.2 Å². The largest absolute Gasteiger partial charge is 0.352 e. The van der Waals surface area contributed by atoms with Gasteiger partial charge < -0.3 is 9.80 Å². The van der Waals surface area contributed by atoms with Crippen molar-refractivity contribution in [1.29, 1.82) is 0 Å². The first kappa shape index (κ1) is 18.7. The van der Waals surface area contributed by atoms with Gasteiger partial charge in [0.1, 0.15) is 0 Å². The average molecular weight is 413 g/mol. The van der Waals surface area contributed by atoms with Crippen LogP contribution in [0.5, 0.6) is 0 Å². The molecule has 1 fully saturated rings. The first-order chi connectivity index (χ1) is 13.6. The quantitative estimate of drug-likeness (QED) is 0.638. The second-order valence-corrected chi connectivity index (χ2v) is 7.39. The van der Waals surface area contributed by atoms with Gasteiger partial charge in [0.05, 0.1) is 16.3 Å². The van der Waals surface area contributed by atoms with Crippen LogP contribution in [0.4, 0.5) is 5.82 Å². The summed E-state index contributed by atoms with van der Waals surface area (Å²) >= 11 is 12.1. The van der Waals surface area contributed by atoms with Gasteiger partial charge in [-0.25, -0.2) is 0 Å². The molecule has 0 radical (unpaired) electrons. The molecule has 0 N–H and O–H groups in total. The van der Waals surface area contributed by atoms with Crippen molar-refractivity contribution in [2.75, 3.05) is 31.1 Å². The topological polar surface area (TPSA) is 49.3 Å². The Balaban J connectivity index is 1.40. The molecule has 4 rings (SSSR count). The number of halogens is 2. The maximum atomic E-state index is 12.7. The number of benzene rings is 2. The molecule has 0 spiro atoms. The lowest BCUT2D eigenvalue weighted by atomic mass is 10.1. The number of hydrogen-bond acceptors (Lipinski definition) is 4. The van der Waals surface area contributed by atoms with Crippen LogP contribution in [0.2, 0.25) is 10.0 Å². The van der Waals surface area contributed by atoms with Crippen LogP contribution < -0.4 is 4.90 Å². The number of hydrogen-bond donors (Lipinski definition) is 0. The Morgan fingerprint density at radius 2 is 1.54 bits per heavy atom. The van der Waals surface area contributed by atoms with E-state index in [0.717, 1.165) is 17.1 Å². The Morgan fingerprint density at radius 3 is 2.18 bits per heavy atom. The van der Waals surface area contributed by atoms with Crippen molar-refractivity contribution < 1.29 is 4.79 Å². The molecule has 0 aliphatic carbocycles. The summed E-state index contributed by atoms with van der Waals surface area (Å²) in [5.74, 6) is 0.775. The summed E-state index contributed by atoms with van der Waals surface area (Å²) in [6.45, 7) is 2.63. The van der Waals surface area contributed by atoms with Gasteiger partial charge in [-0.2, -0.15) is 0 Å². The summed E-state index contributed by atoms with van der Waals surface area (Å²) < 4.78 is 0. The zero-order chi connectivity index (χ0) is 19.5. The van der Waals surface area contributed by atoms with Gasteiger partial charge in [-0.05, 0) is 36.4 Å². The van der Waals surface area contributed by atoms with Crippen LogP contribution in [0.3, 0.4) is 0 Å². The molecule has 0 bridgehead atoms. The lowest BCUT2D eigenvalue weighted by Crippen LogP contribution is -2.49. The molecular weight excluding hydrogens is 395 g/mol. The van der Waals surface area contributed by atoms with Crippen molar-refractivity contribution in [3.63, 3.8) is 0 Å². The second-order valence-electron chi connectivity index (χ2n) is 6.54.